The fraction of sp³-hybridized carbons (Fsp3) is 0.333. The molecule has 0 saturated heterocycles. The van der Waals surface area contributed by atoms with Gasteiger partial charge in [0.15, 0.2) is 5.69 Å². The highest BCUT2D eigenvalue weighted by Gasteiger charge is 2.41. The standard InChI is InChI=1S/C15H15BrN4O3/c16-11-5-2-1-4-10(11)15(6-3-7-15)17-13(21)9-20-8-12(14(22)23)18-19-20/h1-2,4-5,8H,3,6-7,9H2,(H,17,21)(H,22,23). The van der Waals surface area contributed by atoms with Crippen molar-refractivity contribution in [1.82, 2.24) is 20.3 Å². The highest BCUT2D eigenvalue weighted by Crippen LogP contribution is 2.43. The zero-order valence-electron chi connectivity index (χ0n) is 12.2. The maximum absolute atomic E-state index is 12.3. The number of nitrogens with one attached hydrogen (secondary N) is 1. The average Bonchev–Trinajstić information content (AvgIpc) is 2.92. The van der Waals surface area contributed by atoms with Crippen LogP contribution in [0.25, 0.3) is 0 Å². The van der Waals surface area contributed by atoms with Crippen LogP contribution in [0.15, 0.2) is 34.9 Å². The third kappa shape index (κ3) is 3.12. The van der Waals surface area contributed by atoms with Gasteiger partial charge in [-0.1, -0.05) is 39.3 Å². The number of nitrogens with zero attached hydrogens (tertiary/aromatic N) is 3. The monoisotopic (exact) mass is 378 g/mol. The van der Waals surface area contributed by atoms with Crippen molar-refractivity contribution in [3.63, 3.8) is 0 Å². The van der Waals surface area contributed by atoms with E-state index >= 15 is 0 Å². The van der Waals surface area contributed by atoms with Gasteiger partial charge in [-0.2, -0.15) is 0 Å². The molecular weight excluding hydrogens is 364 g/mol. The fourth-order valence-electron chi connectivity index (χ4n) is 2.77. The lowest BCUT2D eigenvalue weighted by atomic mass is 9.72. The number of carbonyl (C=O) groups excluding carboxylic acids is 1. The van der Waals surface area contributed by atoms with Crippen LogP contribution in [0, 0.1) is 0 Å². The van der Waals surface area contributed by atoms with Gasteiger partial charge in [-0.3, -0.25) is 4.79 Å². The zero-order chi connectivity index (χ0) is 16.4. The molecule has 1 heterocycles. The van der Waals surface area contributed by atoms with Gasteiger partial charge in [0.05, 0.1) is 11.7 Å². The van der Waals surface area contributed by atoms with Crippen molar-refractivity contribution in [3.8, 4) is 0 Å². The van der Waals surface area contributed by atoms with E-state index in [1.54, 1.807) is 0 Å². The van der Waals surface area contributed by atoms with Crippen LogP contribution < -0.4 is 5.32 Å². The fourth-order valence-corrected chi connectivity index (χ4v) is 3.43. The maximum Gasteiger partial charge on any atom is 0.358 e. The number of halogens is 1. The number of rotatable bonds is 5. The number of carboxylic acid groups (broad SMARTS) is 1. The molecule has 2 aromatic rings. The number of hydrogen-bond acceptors (Lipinski definition) is 4. The van der Waals surface area contributed by atoms with Gasteiger partial charge < -0.3 is 10.4 Å². The summed E-state index contributed by atoms with van der Waals surface area (Å²) in [6.45, 7) is -0.0630. The summed E-state index contributed by atoms with van der Waals surface area (Å²) in [7, 11) is 0. The Kier molecular flexibility index (Phi) is 4.16. The van der Waals surface area contributed by atoms with Crippen LogP contribution in [0.5, 0.6) is 0 Å². The molecule has 1 aliphatic rings. The number of aromatic carboxylic acids is 1. The largest absolute Gasteiger partial charge is 0.476 e. The maximum atomic E-state index is 12.3. The highest BCUT2D eigenvalue weighted by atomic mass is 79.9. The lowest BCUT2D eigenvalue weighted by Crippen LogP contribution is -2.51. The van der Waals surface area contributed by atoms with Gasteiger partial charge in [-0.05, 0) is 30.9 Å². The van der Waals surface area contributed by atoms with Gasteiger partial charge >= 0.3 is 5.97 Å². The molecule has 0 unspecified atom stereocenters. The summed E-state index contributed by atoms with van der Waals surface area (Å²) in [5.74, 6) is -1.39. The molecule has 2 N–H and O–H groups in total. The van der Waals surface area contributed by atoms with E-state index in [4.69, 9.17) is 5.11 Å². The van der Waals surface area contributed by atoms with Crippen LogP contribution >= 0.6 is 15.9 Å². The second kappa shape index (κ2) is 6.11. The van der Waals surface area contributed by atoms with Gasteiger partial charge in [0.2, 0.25) is 5.91 Å². The predicted molar refractivity (Wildman–Crippen MR) is 84.8 cm³/mol. The van der Waals surface area contributed by atoms with Crippen molar-refractivity contribution < 1.29 is 14.7 Å². The number of carboxylic acids is 1. The number of aromatic nitrogens is 3. The van der Waals surface area contributed by atoms with E-state index in [0.29, 0.717) is 0 Å². The van der Waals surface area contributed by atoms with E-state index in [-0.39, 0.29) is 23.7 Å². The Labute approximate surface area is 140 Å². The molecule has 3 rings (SSSR count). The van der Waals surface area contributed by atoms with Crippen molar-refractivity contribution in [2.75, 3.05) is 0 Å². The zero-order valence-corrected chi connectivity index (χ0v) is 13.8. The van der Waals surface area contributed by atoms with E-state index in [1.165, 1.54) is 10.9 Å². The Morgan fingerprint density at radius 2 is 2.09 bits per heavy atom. The summed E-state index contributed by atoms with van der Waals surface area (Å²) in [6.07, 6.45) is 4.04. The summed E-state index contributed by atoms with van der Waals surface area (Å²) in [4.78, 5) is 23.1. The highest BCUT2D eigenvalue weighted by molar-refractivity contribution is 9.10. The molecule has 1 aromatic carbocycles. The van der Waals surface area contributed by atoms with Crippen LogP contribution in [-0.2, 0) is 16.9 Å². The van der Waals surface area contributed by atoms with Crippen molar-refractivity contribution in [3.05, 3.63) is 46.2 Å². The molecule has 1 fully saturated rings. The van der Waals surface area contributed by atoms with E-state index in [2.05, 4.69) is 31.6 Å². The average molecular weight is 379 g/mol. The molecule has 0 aliphatic heterocycles. The summed E-state index contributed by atoms with van der Waals surface area (Å²) in [6, 6.07) is 7.84. The van der Waals surface area contributed by atoms with Crippen LogP contribution in [-0.4, -0.2) is 32.0 Å². The van der Waals surface area contributed by atoms with E-state index in [0.717, 1.165) is 29.3 Å². The molecule has 8 heteroatoms. The van der Waals surface area contributed by atoms with E-state index < -0.39 is 5.97 Å². The second-order valence-corrected chi connectivity index (χ2v) is 6.42. The molecule has 1 saturated carbocycles. The molecule has 120 valence electrons. The van der Waals surface area contributed by atoms with Crippen LogP contribution in [0.1, 0.15) is 35.3 Å². The van der Waals surface area contributed by atoms with Crippen molar-refractivity contribution in [1.29, 1.82) is 0 Å². The Hall–Kier alpha value is -2.22. The van der Waals surface area contributed by atoms with Gasteiger partial charge in [-0.25, -0.2) is 9.48 Å². The van der Waals surface area contributed by atoms with Gasteiger partial charge in [-0.15, -0.1) is 5.10 Å². The topological polar surface area (TPSA) is 97.1 Å². The molecule has 23 heavy (non-hydrogen) atoms. The summed E-state index contributed by atoms with van der Waals surface area (Å²) < 4.78 is 2.19. The second-order valence-electron chi connectivity index (χ2n) is 5.57. The quantitative estimate of drug-likeness (QED) is 0.828. The van der Waals surface area contributed by atoms with E-state index in [9.17, 15) is 9.59 Å². The molecule has 1 amide bonds. The lowest BCUT2D eigenvalue weighted by molar-refractivity contribution is -0.125. The summed E-state index contributed by atoms with van der Waals surface area (Å²) in [5.41, 5.74) is 0.513. The Bertz CT molecular complexity index is 755. The molecule has 0 bridgehead atoms. The minimum absolute atomic E-state index is 0.0630. The normalized spacial score (nSPS) is 15.7. The molecule has 7 nitrogen and oxygen atoms in total. The molecule has 0 atom stereocenters. The molecule has 1 aliphatic carbocycles. The number of benzene rings is 1. The Morgan fingerprint density at radius 1 is 1.35 bits per heavy atom. The lowest BCUT2D eigenvalue weighted by Gasteiger charge is -2.43. The summed E-state index contributed by atoms with van der Waals surface area (Å²) in [5, 5.41) is 19.0. The number of amides is 1. The molecule has 0 radical (unpaired) electrons. The number of hydrogen-bond donors (Lipinski definition) is 2. The molecule has 0 spiro atoms. The first-order valence-electron chi connectivity index (χ1n) is 7.20. The van der Waals surface area contributed by atoms with Crippen molar-refractivity contribution in [2.24, 2.45) is 0 Å². The summed E-state index contributed by atoms with van der Waals surface area (Å²) >= 11 is 3.54. The number of carbonyl (C=O) groups is 2. The molecule has 1 aromatic heterocycles. The minimum Gasteiger partial charge on any atom is -0.476 e. The van der Waals surface area contributed by atoms with Crippen molar-refractivity contribution in [2.45, 2.75) is 31.3 Å². The van der Waals surface area contributed by atoms with Gasteiger partial charge in [0.1, 0.15) is 6.54 Å². The van der Waals surface area contributed by atoms with Crippen molar-refractivity contribution >= 4 is 27.8 Å². The Morgan fingerprint density at radius 3 is 2.65 bits per heavy atom. The molecular formula is C15H15BrN4O3. The third-order valence-corrected chi connectivity index (χ3v) is 4.73. The van der Waals surface area contributed by atoms with Crippen LogP contribution in [0.4, 0.5) is 0 Å². The van der Waals surface area contributed by atoms with Crippen LogP contribution in [0.3, 0.4) is 0 Å². The minimum atomic E-state index is -1.17. The Balaban J connectivity index is 1.73. The first-order valence-corrected chi connectivity index (χ1v) is 7.99. The first-order chi connectivity index (χ1) is 11.0. The predicted octanol–water partition coefficient (Wildman–Crippen LogP) is 1.93. The van der Waals surface area contributed by atoms with E-state index in [1.807, 2.05) is 24.3 Å². The SMILES string of the molecule is O=C(Cn1cc(C(=O)O)nn1)NC1(c2ccccc2Br)CCC1. The first kappa shape index (κ1) is 15.7. The smallest absolute Gasteiger partial charge is 0.358 e. The van der Waals surface area contributed by atoms with Crippen LogP contribution in [0.2, 0.25) is 0 Å². The third-order valence-electron chi connectivity index (χ3n) is 4.04. The van der Waals surface area contributed by atoms with Gasteiger partial charge in [0, 0.05) is 4.47 Å². The van der Waals surface area contributed by atoms with Gasteiger partial charge in [0.25, 0.3) is 0 Å².